The van der Waals surface area contributed by atoms with Crippen molar-refractivity contribution in [3.8, 4) is 11.5 Å². The summed E-state index contributed by atoms with van der Waals surface area (Å²) in [5.74, 6) is 0.0510. The predicted octanol–water partition coefficient (Wildman–Crippen LogP) is 4.30. The molecule has 0 aliphatic heterocycles. The molecule has 1 amide bonds. The third kappa shape index (κ3) is 3.78. The van der Waals surface area contributed by atoms with Gasteiger partial charge in [0.2, 0.25) is 0 Å². The van der Waals surface area contributed by atoms with Crippen molar-refractivity contribution in [2.24, 2.45) is 0 Å². The number of benzene rings is 2. The van der Waals surface area contributed by atoms with Crippen molar-refractivity contribution >= 4 is 23.2 Å². The molecule has 2 aromatic carbocycles. The molecule has 0 saturated heterocycles. The molecule has 0 radical (unpaired) electrons. The number of anilines is 1. The molecule has 6 heteroatoms. The molecule has 3 aromatic rings. The monoisotopic (exact) mass is 368 g/mol. The summed E-state index contributed by atoms with van der Waals surface area (Å²) < 4.78 is 5.30. The van der Waals surface area contributed by atoms with E-state index in [4.69, 9.17) is 16.3 Å². The minimum absolute atomic E-state index is 0.00206. The fourth-order valence-corrected chi connectivity index (χ4v) is 2.78. The molecule has 1 N–H and O–H groups in total. The van der Waals surface area contributed by atoms with Gasteiger partial charge < -0.3 is 9.84 Å². The lowest BCUT2D eigenvalue weighted by Gasteiger charge is -2.24. The minimum Gasteiger partial charge on any atom is -0.506 e. The topological polar surface area (TPSA) is 62.7 Å². The lowest BCUT2D eigenvalue weighted by Crippen LogP contribution is -2.31. The van der Waals surface area contributed by atoms with Crippen molar-refractivity contribution in [3.63, 3.8) is 0 Å². The zero-order valence-corrected chi connectivity index (χ0v) is 14.8. The number of carbonyl (C=O) groups is 1. The summed E-state index contributed by atoms with van der Waals surface area (Å²) in [6.45, 7) is 0.187. The van der Waals surface area contributed by atoms with Gasteiger partial charge in [0.15, 0.2) is 0 Å². The van der Waals surface area contributed by atoms with Crippen LogP contribution in [-0.4, -0.2) is 23.1 Å². The highest BCUT2D eigenvalue weighted by Crippen LogP contribution is 2.32. The van der Waals surface area contributed by atoms with Crippen LogP contribution in [-0.2, 0) is 6.54 Å². The van der Waals surface area contributed by atoms with Crippen LogP contribution in [0.3, 0.4) is 0 Å². The zero-order valence-electron chi connectivity index (χ0n) is 14.1. The fraction of sp³-hybridized carbons (Fsp3) is 0.100. The number of phenols is 1. The Kier molecular flexibility index (Phi) is 5.39. The molecule has 0 bridgehead atoms. The number of aromatic hydroxyl groups is 1. The summed E-state index contributed by atoms with van der Waals surface area (Å²) in [6.07, 6.45) is 1.66. The number of ether oxygens (including phenoxy) is 1. The minimum atomic E-state index is -0.350. The number of nitrogens with zero attached hydrogens (tertiary/aromatic N) is 2. The standard InChI is InChI=1S/C20H17ClN2O3/c1-26-19-10-9-14(21)12-16(19)20(25)23(13-15-6-4-5-11-22-15)17-7-2-3-8-18(17)24/h2-12,24H,13H2,1H3. The highest BCUT2D eigenvalue weighted by molar-refractivity contribution is 6.31. The number of hydrogen-bond donors (Lipinski definition) is 1. The molecule has 132 valence electrons. The number of aromatic nitrogens is 1. The van der Waals surface area contributed by atoms with Crippen LogP contribution in [0.25, 0.3) is 0 Å². The number of methoxy groups -OCH3 is 1. The molecule has 26 heavy (non-hydrogen) atoms. The maximum absolute atomic E-state index is 13.3. The third-order valence-electron chi connectivity index (χ3n) is 3.86. The number of carbonyl (C=O) groups excluding carboxylic acids is 1. The summed E-state index contributed by atoms with van der Waals surface area (Å²) >= 11 is 6.07. The smallest absolute Gasteiger partial charge is 0.262 e. The van der Waals surface area contributed by atoms with Crippen LogP contribution >= 0.6 is 11.6 Å². The first-order valence-electron chi connectivity index (χ1n) is 7.93. The number of phenolic OH excluding ortho intramolecular Hbond substituents is 1. The largest absolute Gasteiger partial charge is 0.506 e. The van der Waals surface area contributed by atoms with Gasteiger partial charge in [-0.1, -0.05) is 29.8 Å². The first kappa shape index (κ1) is 17.8. The van der Waals surface area contributed by atoms with Gasteiger partial charge in [-0.25, -0.2) is 0 Å². The van der Waals surface area contributed by atoms with Crippen LogP contribution < -0.4 is 9.64 Å². The molecule has 0 unspecified atom stereocenters. The summed E-state index contributed by atoms with van der Waals surface area (Å²) in [4.78, 5) is 19.0. The van der Waals surface area contributed by atoms with Crippen molar-refractivity contribution in [2.45, 2.75) is 6.54 Å². The van der Waals surface area contributed by atoms with E-state index in [9.17, 15) is 9.90 Å². The van der Waals surface area contributed by atoms with Crippen molar-refractivity contribution in [1.29, 1.82) is 0 Å². The molecule has 0 saturated carbocycles. The van der Waals surface area contributed by atoms with Gasteiger partial charge in [0, 0.05) is 11.2 Å². The molecular formula is C20H17ClN2O3. The normalized spacial score (nSPS) is 10.4. The molecule has 1 heterocycles. The van der Waals surface area contributed by atoms with E-state index < -0.39 is 0 Å². The van der Waals surface area contributed by atoms with Crippen LogP contribution in [0.5, 0.6) is 11.5 Å². The molecule has 0 aliphatic carbocycles. The van der Waals surface area contributed by atoms with E-state index >= 15 is 0 Å². The average Bonchev–Trinajstić information content (AvgIpc) is 2.67. The Bertz CT molecular complexity index is 916. The summed E-state index contributed by atoms with van der Waals surface area (Å²) in [7, 11) is 1.49. The molecule has 0 spiro atoms. The van der Waals surface area contributed by atoms with Gasteiger partial charge in [-0.2, -0.15) is 0 Å². The summed E-state index contributed by atoms with van der Waals surface area (Å²) in [6, 6.07) is 17.0. The highest BCUT2D eigenvalue weighted by atomic mass is 35.5. The Morgan fingerprint density at radius 3 is 2.62 bits per heavy atom. The number of pyridine rings is 1. The Hall–Kier alpha value is -3.05. The van der Waals surface area contributed by atoms with Crippen molar-refractivity contribution in [2.75, 3.05) is 12.0 Å². The number of para-hydroxylation sites is 2. The third-order valence-corrected chi connectivity index (χ3v) is 4.09. The summed E-state index contributed by atoms with van der Waals surface area (Å²) in [5, 5.41) is 10.7. The average molecular weight is 369 g/mol. The predicted molar refractivity (Wildman–Crippen MR) is 101 cm³/mol. The lowest BCUT2D eigenvalue weighted by atomic mass is 10.1. The van der Waals surface area contributed by atoms with Gasteiger partial charge in [-0.05, 0) is 42.5 Å². The second-order valence-corrected chi connectivity index (χ2v) is 5.98. The Morgan fingerprint density at radius 2 is 1.92 bits per heavy atom. The van der Waals surface area contributed by atoms with Gasteiger partial charge in [0.05, 0.1) is 30.6 Å². The quantitative estimate of drug-likeness (QED) is 0.729. The van der Waals surface area contributed by atoms with E-state index in [0.29, 0.717) is 27.7 Å². The Labute approximate surface area is 156 Å². The Morgan fingerprint density at radius 1 is 1.15 bits per heavy atom. The van der Waals surface area contributed by atoms with Gasteiger partial charge in [-0.3, -0.25) is 14.7 Å². The van der Waals surface area contributed by atoms with E-state index in [1.54, 1.807) is 48.7 Å². The second-order valence-electron chi connectivity index (χ2n) is 5.55. The Balaban J connectivity index is 2.07. The molecule has 0 atom stereocenters. The first-order valence-corrected chi connectivity index (χ1v) is 8.31. The van der Waals surface area contributed by atoms with Crippen LogP contribution in [0.15, 0.2) is 66.9 Å². The number of hydrogen-bond acceptors (Lipinski definition) is 4. The van der Waals surface area contributed by atoms with E-state index in [0.717, 1.165) is 0 Å². The fourth-order valence-electron chi connectivity index (χ4n) is 2.61. The van der Waals surface area contributed by atoms with E-state index in [1.807, 2.05) is 12.1 Å². The highest BCUT2D eigenvalue weighted by Gasteiger charge is 2.24. The molecule has 5 nitrogen and oxygen atoms in total. The molecular weight excluding hydrogens is 352 g/mol. The van der Waals surface area contributed by atoms with Gasteiger partial charge in [0.1, 0.15) is 11.5 Å². The number of rotatable bonds is 5. The van der Waals surface area contributed by atoms with E-state index in [-0.39, 0.29) is 18.2 Å². The van der Waals surface area contributed by atoms with Crippen molar-refractivity contribution in [3.05, 3.63) is 83.1 Å². The first-order chi connectivity index (χ1) is 12.6. The van der Waals surface area contributed by atoms with Crippen LogP contribution in [0.4, 0.5) is 5.69 Å². The van der Waals surface area contributed by atoms with Gasteiger partial charge in [-0.15, -0.1) is 0 Å². The summed E-state index contributed by atoms with van der Waals surface area (Å²) in [5.41, 5.74) is 1.37. The molecule has 3 rings (SSSR count). The van der Waals surface area contributed by atoms with E-state index in [1.165, 1.54) is 18.1 Å². The molecule has 0 aliphatic rings. The van der Waals surface area contributed by atoms with Crippen molar-refractivity contribution in [1.82, 2.24) is 4.98 Å². The van der Waals surface area contributed by atoms with Crippen LogP contribution in [0.1, 0.15) is 16.1 Å². The zero-order chi connectivity index (χ0) is 18.5. The van der Waals surface area contributed by atoms with E-state index in [2.05, 4.69) is 4.98 Å². The number of halogens is 1. The molecule has 1 aromatic heterocycles. The van der Waals surface area contributed by atoms with Gasteiger partial charge in [0.25, 0.3) is 5.91 Å². The molecule has 0 fully saturated rings. The lowest BCUT2D eigenvalue weighted by molar-refractivity contribution is 0.0981. The maximum Gasteiger partial charge on any atom is 0.262 e. The second kappa shape index (κ2) is 7.89. The van der Waals surface area contributed by atoms with Gasteiger partial charge >= 0.3 is 0 Å². The van der Waals surface area contributed by atoms with Crippen LogP contribution in [0, 0.1) is 0 Å². The van der Waals surface area contributed by atoms with Crippen molar-refractivity contribution < 1.29 is 14.6 Å². The van der Waals surface area contributed by atoms with Crippen LogP contribution in [0.2, 0.25) is 5.02 Å². The SMILES string of the molecule is COc1ccc(Cl)cc1C(=O)N(Cc1ccccn1)c1ccccc1O. The number of amides is 1. The maximum atomic E-state index is 13.3.